The molecule has 2 aromatic heterocycles. The summed E-state index contributed by atoms with van der Waals surface area (Å²) in [6.45, 7) is 3.97. The predicted octanol–water partition coefficient (Wildman–Crippen LogP) is 6.29. The summed E-state index contributed by atoms with van der Waals surface area (Å²) >= 11 is 8.14. The zero-order chi connectivity index (χ0) is 29.1. The number of non-ortho nitro benzene ring substituents is 1. The molecular formula is C33H25ClN4O3S. The van der Waals surface area contributed by atoms with Crippen molar-refractivity contribution in [1.29, 1.82) is 0 Å². The maximum Gasteiger partial charge on any atom is 0.271 e. The lowest BCUT2D eigenvalue weighted by Crippen LogP contribution is -2.38. The van der Waals surface area contributed by atoms with Crippen molar-refractivity contribution >= 4 is 40.4 Å². The molecule has 1 aliphatic heterocycles. The second-order valence-electron chi connectivity index (χ2n) is 10.6. The summed E-state index contributed by atoms with van der Waals surface area (Å²) in [7, 11) is 0. The number of benzene rings is 3. The van der Waals surface area contributed by atoms with Crippen molar-refractivity contribution in [2.75, 3.05) is 0 Å². The molecule has 0 bridgehead atoms. The highest BCUT2D eigenvalue weighted by atomic mass is 35.5. The molecule has 3 heterocycles. The van der Waals surface area contributed by atoms with Gasteiger partial charge in [-0.3, -0.25) is 19.5 Å². The van der Waals surface area contributed by atoms with Gasteiger partial charge in [0.15, 0.2) is 4.80 Å². The highest BCUT2D eigenvalue weighted by Gasteiger charge is 2.33. The quantitative estimate of drug-likeness (QED) is 0.182. The van der Waals surface area contributed by atoms with Gasteiger partial charge in [-0.1, -0.05) is 65.4 Å². The fourth-order valence-corrected chi connectivity index (χ4v) is 7.42. The molecule has 0 N–H and O–H groups in total. The van der Waals surface area contributed by atoms with Crippen LogP contribution in [0, 0.1) is 24.0 Å². The number of rotatable bonds is 4. The summed E-state index contributed by atoms with van der Waals surface area (Å²) in [6, 6.07) is 24.2. The van der Waals surface area contributed by atoms with E-state index in [2.05, 4.69) is 18.2 Å². The molecular weight excluding hydrogens is 568 g/mol. The summed E-state index contributed by atoms with van der Waals surface area (Å²) in [5.74, 6) is 0. The van der Waals surface area contributed by atoms with Crippen LogP contribution in [0.5, 0.6) is 0 Å². The molecule has 0 saturated carbocycles. The number of aryl methyl sites for hydroxylation is 2. The summed E-state index contributed by atoms with van der Waals surface area (Å²) < 4.78 is 4.43. The molecule has 5 aromatic rings. The average Bonchev–Trinajstić information content (AvgIpc) is 3.45. The van der Waals surface area contributed by atoms with Crippen LogP contribution in [0.15, 0.2) is 94.2 Å². The normalized spacial score (nSPS) is 16.1. The van der Waals surface area contributed by atoms with Gasteiger partial charge in [0.25, 0.3) is 11.2 Å². The van der Waals surface area contributed by atoms with Gasteiger partial charge in [0.1, 0.15) is 0 Å². The summed E-state index contributed by atoms with van der Waals surface area (Å²) in [5, 5.41) is 11.7. The second-order valence-corrected chi connectivity index (χ2v) is 12.0. The van der Waals surface area contributed by atoms with Gasteiger partial charge in [-0.2, -0.15) is 0 Å². The zero-order valence-electron chi connectivity index (χ0n) is 22.9. The first-order valence-corrected chi connectivity index (χ1v) is 14.8. The molecule has 0 saturated heterocycles. The Hall–Kier alpha value is -4.53. The maximum absolute atomic E-state index is 14.2. The first kappa shape index (κ1) is 26.4. The van der Waals surface area contributed by atoms with Gasteiger partial charge in [-0.05, 0) is 79.3 Å². The number of aromatic nitrogens is 2. The Morgan fingerprint density at radius 2 is 1.76 bits per heavy atom. The number of halogens is 1. The van der Waals surface area contributed by atoms with Crippen molar-refractivity contribution in [3.63, 3.8) is 0 Å². The van der Waals surface area contributed by atoms with E-state index in [-0.39, 0.29) is 17.3 Å². The van der Waals surface area contributed by atoms with Crippen molar-refractivity contribution in [2.45, 2.75) is 32.7 Å². The van der Waals surface area contributed by atoms with Crippen LogP contribution in [0.1, 0.15) is 46.1 Å². The monoisotopic (exact) mass is 592 g/mol. The number of allylic oxidation sites excluding steroid dienone is 1. The molecule has 1 aliphatic carbocycles. The van der Waals surface area contributed by atoms with Crippen LogP contribution in [0.2, 0.25) is 5.02 Å². The Morgan fingerprint density at radius 3 is 2.52 bits per heavy atom. The standard InChI is InChI=1S/C33H25ClN4O3S/c1-19-17-22(20(2)36(19)23-12-14-24(15-13-23)38(40)41)18-29-32(39)37-31(26-9-5-6-10-28(26)34)27-16-11-21-7-3-4-8-25(21)30(27)35-33(37)42-29/h3-10,12-15,17-18,31H,11,16H2,1-2H3/b29-18+/t31-/m0/s1. The summed E-state index contributed by atoms with van der Waals surface area (Å²) in [5.41, 5.74) is 8.87. The fraction of sp³-hybridized carbons (Fsp3) is 0.152. The molecule has 42 heavy (non-hydrogen) atoms. The molecule has 2 aliphatic rings. The maximum atomic E-state index is 14.2. The van der Waals surface area contributed by atoms with Crippen LogP contribution in [0.25, 0.3) is 17.5 Å². The van der Waals surface area contributed by atoms with Crippen molar-refractivity contribution in [3.05, 3.63) is 153 Å². The van der Waals surface area contributed by atoms with E-state index in [0.29, 0.717) is 14.4 Å². The van der Waals surface area contributed by atoms with Crippen LogP contribution in [0.4, 0.5) is 5.69 Å². The van der Waals surface area contributed by atoms with Crippen molar-refractivity contribution < 1.29 is 4.92 Å². The molecule has 0 unspecified atom stereocenters. The minimum absolute atomic E-state index is 0.0425. The van der Waals surface area contributed by atoms with E-state index in [1.807, 2.05) is 60.9 Å². The molecule has 1 atom stereocenters. The van der Waals surface area contributed by atoms with Gasteiger partial charge in [0.05, 0.1) is 21.2 Å². The molecule has 9 heteroatoms. The molecule has 0 amide bonds. The van der Waals surface area contributed by atoms with Gasteiger partial charge < -0.3 is 4.57 Å². The molecule has 0 radical (unpaired) electrons. The largest absolute Gasteiger partial charge is 0.318 e. The van der Waals surface area contributed by atoms with E-state index in [4.69, 9.17) is 16.6 Å². The first-order chi connectivity index (χ1) is 20.3. The smallest absolute Gasteiger partial charge is 0.271 e. The topological polar surface area (TPSA) is 82.4 Å². The number of nitro groups is 1. The van der Waals surface area contributed by atoms with E-state index < -0.39 is 4.92 Å². The van der Waals surface area contributed by atoms with Gasteiger partial charge in [-0.15, -0.1) is 0 Å². The van der Waals surface area contributed by atoms with Gasteiger partial charge >= 0.3 is 0 Å². The molecule has 208 valence electrons. The SMILES string of the molecule is Cc1cc(/C=c2/sc3n(c2=O)[C@@H](c2ccccc2Cl)C2=C(N=3)c3ccccc3CC2)c(C)n1-c1ccc([N+](=O)[O-])cc1. The van der Waals surface area contributed by atoms with Crippen LogP contribution >= 0.6 is 22.9 Å². The van der Waals surface area contributed by atoms with Crippen LogP contribution in [-0.4, -0.2) is 14.1 Å². The first-order valence-electron chi connectivity index (χ1n) is 13.6. The third kappa shape index (κ3) is 4.18. The fourth-order valence-electron chi connectivity index (χ4n) is 6.19. The highest BCUT2D eigenvalue weighted by Crippen LogP contribution is 2.42. The van der Waals surface area contributed by atoms with E-state index in [1.54, 1.807) is 16.7 Å². The Bertz CT molecular complexity index is 2140. The Labute approximate surface area is 250 Å². The third-order valence-corrected chi connectivity index (χ3v) is 9.48. The summed E-state index contributed by atoms with van der Waals surface area (Å²) in [4.78, 5) is 30.6. The van der Waals surface area contributed by atoms with Gasteiger partial charge in [-0.25, -0.2) is 4.99 Å². The van der Waals surface area contributed by atoms with Gasteiger partial charge in [0, 0.05) is 39.8 Å². The average molecular weight is 593 g/mol. The van der Waals surface area contributed by atoms with E-state index >= 15 is 0 Å². The van der Waals surface area contributed by atoms with Crippen LogP contribution in [-0.2, 0) is 6.42 Å². The minimum atomic E-state index is -0.406. The minimum Gasteiger partial charge on any atom is -0.318 e. The Balaban J connectivity index is 1.41. The Kier molecular flexibility index (Phi) is 6.33. The van der Waals surface area contributed by atoms with Crippen molar-refractivity contribution in [1.82, 2.24) is 9.13 Å². The molecule has 3 aromatic carbocycles. The lowest BCUT2D eigenvalue weighted by molar-refractivity contribution is -0.384. The number of nitro benzene ring substituents is 1. The van der Waals surface area contributed by atoms with Crippen molar-refractivity contribution in [3.8, 4) is 5.69 Å². The predicted molar refractivity (Wildman–Crippen MR) is 166 cm³/mol. The molecule has 7 rings (SSSR count). The number of thiazole rings is 1. The lowest BCUT2D eigenvalue weighted by atomic mass is 9.83. The van der Waals surface area contributed by atoms with Crippen molar-refractivity contribution in [2.24, 2.45) is 4.99 Å². The number of hydrogen-bond acceptors (Lipinski definition) is 5. The third-order valence-electron chi connectivity index (χ3n) is 8.15. The summed E-state index contributed by atoms with van der Waals surface area (Å²) in [6.07, 6.45) is 3.60. The molecule has 7 nitrogen and oxygen atoms in total. The van der Waals surface area contributed by atoms with E-state index in [1.165, 1.54) is 29.0 Å². The van der Waals surface area contributed by atoms with E-state index in [9.17, 15) is 14.9 Å². The van der Waals surface area contributed by atoms with Crippen LogP contribution in [0.3, 0.4) is 0 Å². The number of nitrogens with zero attached hydrogens (tertiary/aromatic N) is 4. The van der Waals surface area contributed by atoms with Gasteiger partial charge in [0.2, 0.25) is 0 Å². The molecule has 0 spiro atoms. The van der Waals surface area contributed by atoms with E-state index in [0.717, 1.165) is 57.9 Å². The molecule has 0 fully saturated rings. The number of fused-ring (bicyclic) bond motifs is 3. The van der Waals surface area contributed by atoms with Crippen LogP contribution < -0.4 is 14.9 Å². The number of hydrogen-bond donors (Lipinski definition) is 0. The Morgan fingerprint density at radius 1 is 1.02 bits per heavy atom. The lowest BCUT2D eigenvalue weighted by Gasteiger charge is -2.31. The second kappa shape index (κ2) is 10.1. The highest BCUT2D eigenvalue weighted by molar-refractivity contribution is 7.07. The zero-order valence-corrected chi connectivity index (χ0v) is 24.4.